The summed E-state index contributed by atoms with van der Waals surface area (Å²) in [7, 11) is 1.67. The molecular formula is C19H16N4O. The van der Waals surface area contributed by atoms with E-state index in [2.05, 4.69) is 11.4 Å². The van der Waals surface area contributed by atoms with Crippen LogP contribution in [0.3, 0.4) is 0 Å². The molecule has 2 aromatic carbocycles. The normalized spacial score (nSPS) is 12.3. The Hall–Kier alpha value is -3.26. The second-order valence-electron chi connectivity index (χ2n) is 5.59. The number of para-hydroxylation sites is 2. The molecule has 2 heterocycles. The fourth-order valence-electron chi connectivity index (χ4n) is 3.16. The number of anilines is 1. The van der Waals surface area contributed by atoms with E-state index in [9.17, 15) is 5.26 Å². The van der Waals surface area contributed by atoms with Gasteiger partial charge in [-0.15, -0.1) is 0 Å². The standard InChI is InChI=1S/C19H16N4O/c1-24-17-9-5-3-7-14(17)18-15-10-11-21-19(15)23(22-18)16-8-4-2-6-13(16)12-20/h2-9,21H,10-11H2,1H3. The predicted octanol–water partition coefficient (Wildman–Crippen LogP) is 3.39. The van der Waals surface area contributed by atoms with E-state index >= 15 is 0 Å². The van der Waals surface area contributed by atoms with Gasteiger partial charge in [0.1, 0.15) is 23.3 Å². The van der Waals surface area contributed by atoms with Crippen molar-refractivity contribution in [2.75, 3.05) is 19.0 Å². The van der Waals surface area contributed by atoms with Gasteiger partial charge >= 0.3 is 0 Å². The number of rotatable bonds is 3. The monoisotopic (exact) mass is 316 g/mol. The van der Waals surface area contributed by atoms with E-state index in [1.807, 2.05) is 47.1 Å². The lowest BCUT2D eigenvalue weighted by Crippen LogP contribution is -2.05. The summed E-state index contributed by atoms with van der Waals surface area (Å²) in [6.45, 7) is 0.865. The van der Waals surface area contributed by atoms with E-state index in [0.717, 1.165) is 47.0 Å². The van der Waals surface area contributed by atoms with Crippen LogP contribution in [0.25, 0.3) is 16.9 Å². The molecule has 1 N–H and O–H groups in total. The molecule has 1 aliphatic heterocycles. The first kappa shape index (κ1) is 14.3. The topological polar surface area (TPSA) is 62.9 Å². The van der Waals surface area contributed by atoms with Gasteiger partial charge in [0.25, 0.3) is 0 Å². The third kappa shape index (κ3) is 2.12. The molecule has 3 aromatic rings. The van der Waals surface area contributed by atoms with Crippen molar-refractivity contribution in [3.8, 4) is 28.8 Å². The molecular weight excluding hydrogens is 300 g/mol. The summed E-state index contributed by atoms with van der Waals surface area (Å²) in [6.07, 6.45) is 0.900. The Bertz CT molecular complexity index is 952. The minimum atomic E-state index is 0.600. The van der Waals surface area contributed by atoms with Gasteiger partial charge in [-0.2, -0.15) is 10.4 Å². The molecule has 4 rings (SSSR count). The molecule has 0 atom stereocenters. The smallest absolute Gasteiger partial charge is 0.133 e. The fraction of sp³-hybridized carbons (Fsp3) is 0.158. The number of nitriles is 1. The molecule has 0 spiro atoms. The van der Waals surface area contributed by atoms with Gasteiger partial charge in [-0.1, -0.05) is 24.3 Å². The molecule has 118 valence electrons. The summed E-state index contributed by atoms with van der Waals surface area (Å²) >= 11 is 0. The molecule has 0 radical (unpaired) electrons. The van der Waals surface area contributed by atoms with E-state index in [-0.39, 0.29) is 0 Å². The Labute approximate surface area is 140 Å². The SMILES string of the molecule is COc1ccccc1-c1nn(-c2ccccc2C#N)c2c1CCN2. The molecule has 0 saturated carbocycles. The van der Waals surface area contributed by atoms with Gasteiger partial charge in [0.05, 0.1) is 18.4 Å². The van der Waals surface area contributed by atoms with Crippen LogP contribution >= 0.6 is 0 Å². The van der Waals surface area contributed by atoms with E-state index in [1.54, 1.807) is 13.2 Å². The van der Waals surface area contributed by atoms with E-state index < -0.39 is 0 Å². The molecule has 0 amide bonds. The average molecular weight is 316 g/mol. The van der Waals surface area contributed by atoms with E-state index in [1.165, 1.54) is 0 Å². The second kappa shape index (κ2) is 5.74. The summed E-state index contributed by atoms with van der Waals surface area (Å²) in [5.74, 6) is 1.75. The van der Waals surface area contributed by atoms with Crippen molar-refractivity contribution >= 4 is 5.82 Å². The highest BCUT2D eigenvalue weighted by molar-refractivity contribution is 5.77. The number of aromatic nitrogens is 2. The molecule has 0 aliphatic carbocycles. The number of nitrogens with one attached hydrogen (secondary N) is 1. The Kier molecular flexibility index (Phi) is 3.43. The first-order valence-corrected chi connectivity index (χ1v) is 7.82. The van der Waals surface area contributed by atoms with Crippen LogP contribution in [0.5, 0.6) is 5.75 Å². The zero-order valence-corrected chi connectivity index (χ0v) is 13.3. The lowest BCUT2D eigenvalue weighted by Gasteiger charge is -2.08. The van der Waals surface area contributed by atoms with Crippen molar-refractivity contribution < 1.29 is 4.74 Å². The molecule has 0 bridgehead atoms. The highest BCUT2D eigenvalue weighted by atomic mass is 16.5. The summed E-state index contributed by atoms with van der Waals surface area (Å²) in [5.41, 5.74) is 4.41. The second-order valence-corrected chi connectivity index (χ2v) is 5.59. The van der Waals surface area contributed by atoms with Crippen LogP contribution in [0.15, 0.2) is 48.5 Å². The lowest BCUT2D eigenvalue weighted by molar-refractivity contribution is 0.416. The maximum Gasteiger partial charge on any atom is 0.133 e. The number of benzene rings is 2. The van der Waals surface area contributed by atoms with E-state index in [4.69, 9.17) is 9.84 Å². The Morgan fingerprint density at radius 2 is 1.96 bits per heavy atom. The summed E-state index contributed by atoms with van der Waals surface area (Å²) in [4.78, 5) is 0. The molecule has 0 fully saturated rings. The number of hydrogen-bond donors (Lipinski definition) is 1. The molecule has 5 nitrogen and oxygen atoms in total. The zero-order valence-electron chi connectivity index (χ0n) is 13.3. The van der Waals surface area contributed by atoms with Crippen LogP contribution in [0.4, 0.5) is 5.82 Å². The van der Waals surface area contributed by atoms with Gasteiger partial charge in [0, 0.05) is 17.7 Å². The first-order valence-electron chi connectivity index (χ1n) is 7.82. The van der Waals surface area contributed by atoms with Crippen LogP contribution in [0, 0.1) is 11.3 Å². The number of methoxy groups -OCH3 is 1. The minimum absolute atomic E-state index is 0.600. The number of fused-ring (bicyclic) bond motifs is 1. The Balaban J connectivity index is 1.95. The van der Waals surface area contributed by atoms with Crippen molar-refractivity contribution in [2.24, 2.45) is 0 Å². The van der Waals surface area contributed by atoms with Crippen molar-refractivity contribution in [3.63, 3.8) is 0 Å². The highest BCUT2D eigenvalue weighted by Gasteiger charge is 2.26. The van der Waals surface area contributed by atoms with Crippen LogP contribution in [-0.4, -0.2) is 23.4 Å². The highest BCUT2D eigenvalue weighted by Crippen LogP contribution is 2.38. The molecule has 0 saturated heterocycles. The van der Waals surface area contributed by atoms with Crippen molar-refractivity contribution in [1.29, 1.82) is 5.26 Å². The summed E-state index contributed by atoms with van der Waals surface area (Å²) in [6, 6.07) is 17.6. The van der Waals surface area contributed by atoms with Crippen molar-refractivity contribution in [3.05, 3.63) is 59.7 Å². The molecule has 1 aliphatic rings. The van der Waals surface area contributed by atoms with E-state index in [0.29, 0.717) is 5.56 Å². The van der Waals surface area contributed by atoms with Crippen LogP contribution in [0.2, 0.25) is 0 Å². The Morgan fingerprint density at radius 3 is 2.79 bits per heavy atom. The summed E-state index contributed by atoms with van der Waals surface area (Å²) in [5, 5.41) is 17.6. The average Bonchev–Trinajstić information content (AvgIpc) is 3.24. The van der Waals surface area contributed by atoms with Gasteiger partial charge in [0.2, 0.25) is 0 Å². The molecule has 5 heteroatoms. The van der Waals surface area contributed by atoms with Gasteiger partial charge in [-0.25, -0.2) is 4.68 Å². The molecule has 24 heavy (non-hydrogen) atoms. The van der Waals surface area contributed by atoms with Crippen LogP contribution in [0.1, 0.15) is 11.1 Å². The maximum absolute atomic E-state index is 9.40. The third-order valence-electron chi connectivity index (χ3n) is 4.27. The zero-order chi connectivity index (χ0) is 16.5. The number of ether oxygens (including phenoxy) is 1. The van der Waals surface area contributed by atoms with Gasteiger partial charge in [-0.05, 0) is 30.7 Å². The predicted molar refractivity (Wildman–Crippen MR) is 92.5 cm³/mol. The largest absolute Gasteiger partial charge is 0.496 e. The van der Waals surface area contributed by atoms with Gasteiger partial charge in [0.15, 0.2) is 0 Å². The number of nitrogens with zero attached hydrogens (tertiary/aromatic N) is 3. The lowest BCUT2D eigenvalue weighted by atomic mass is 10.1. The molecule has 0 unspecified atom stereocenters. The Morgan fingerprint density at radius 1 is 1.17 bits per heavy atom. The van der Waals surface area contributed by atoms with Crippen LogP contribution in [-0.2, 0) is 6.42 Å². The molecule has 1 aromatic heterocycles. The van der Waals surface area contributed by atoms with Crippen molar-refractivity contribution in [2.45, 2.75) is 6.42 Å². The van der Waals surface area contributed by atoms with Crippen molar-refractivity contribution in [1.82, 2.24) is 9.78 Å². The fourth-order valence-corrected chi connectivity index (χ4v) is 3.16. The maximum atomic E-state index is 9.40. The van der Waals surface area contributed by atoms with Crippen LogP contribution < -0.4 is 10.1 Å². The first-order chi connectivity index (χ1) is 11.8. The van der Waals surface area contributed by atoms with Gasteiger partial charge < -0.3 is 10.1 Å². The summed E-state index contributed by atoms with van der Waals surface area (Å²) < 4.78 is 7.33. The number of hydrogen-bond acceptors (Lipinski definition) is 4. The van der Waals surface area contributed by atoms with Gasteiger partial charge in [-0.3, -0.25) is 0 Å². The minimum Gasteiger partial charge on any atom is -0.496 e. The quantitative estimate of drug-likeness (QED) is 0.804. The third-order valence-corrected chi connectivity index (χ3v) is 4.27.